The molecule has 0 saturated carbocycles. The van der Waals surface area contributed by atoms with Gasteiger partial charge in [-0.05, 0) is 47.9 Å². The lowest BCUT2D eigenvalue weighted by Gasteiger charge is -2.37. The monoisotopic (exact) mass is 497 g/mol. The van der Waals surface area contributed by atoms with Gasteiger partial charge in [-0.15, -0.1) is 0 Å². The van der Waals surface area contributed by atoms with Gasteiger partial charge in [0.05, 0.1) is 4.90 Å². The van der Waals surface area contributed by atoms with Gasteiger partial charge < -0.3 is 10.2 Å². The maximum absolute atomic E-state index is 13.2. The number of rotatable bonds is 7. The van der Waals surface area contributed by atoms with E-state index in [2.05, 4.69) is 5.32 Å². The highest BCUT2D eigenvalue weighted by atomic mass is 32.2. The van der Waals surface area contributed by atoms with E-state index >= 15 is 0 Å². The summed E-state index contributed by atoms with van der Waals surface area (Å²) in [5, 5.41) is 3.08. The zero-order chi connectivity index (χ0) is 25.0. The van der Waals surface area contributed by atoms with Gasteiger partial charge in [0.25, 0.3) is 0 Å². The van der Waals surface area contributed by atoms with Crippen molar-refractivity contribution in [3.63, 3.8) is 0 Å². The van der Waals surface area contributed by atoms with Gasteiger partial charge in [-0.25, -0.2) is 8.42 Å². The van der Waals surface area contributed by atoms with Gasteiger partial charge in [-0.1, -0.05) is 56.3 Å². The minimum absolute atomic E-state index is 0.00841. The number of nitrogens with zero attached hydrogens (tertiary/aromatic N) is 2. The number of nitrogens with one attached hydrogen (secondary N) is 1. The van der Waals surface area contributed by atoms with E-state index in [9.17, 15) is 18.0 Å². The first kappa shape index (κ1) is 25.4. The first-order chi connectivity index (χ1) is 16.8. The van der Waals surface area contributed by atoms with Crippen molar-refractivity contribution in [2.24, 2.45) is 11.8 Å². The van der Waals surface area contributed by atoms with Crippen molar-refractivity contribution in [1.82, 2.24) is 14.5 Å². The molecule has 2 heterocycles. The fraction of sp³-hybridized carbons (Fsp3) is 0.481. The highest BCUT2D eigenvalue weighted by Crippen LogP contribution is 2.26. The largest absolute Gasteiger partial charge is 0.354 e. The number of carbonyl (C=O) groups excluding carboxylic acids is 2. The first-order valence-electron chi connectivity index (χ1n) is 12.4. The van der Waals surface area contributed by atoms with E-state index < -0.39 is 16.1 Å². The first-order valence-corrected chi connectivity index (χ1v) is 13.9. The average Bonchev–Trinajstić information content (AvgIpc) is 2.87. The average molecular weight is 498 g/mol. The Bertz CT molecular complexity index is 1140. The van der Waals surface area contributed by atoms with Crippen LogP contribution in [0.1, 0.15) is 44.2 Å². The summed E-state index contributed by atoms with van der Waals surface area (Å²) >= 11 is 0. The minimum Gasteiger partial charge on any atom is -0.354 e. The molecule has 188 valence electrons. The SMILES string of the molecule is CC(C)CC(=O)N1Cc2ccccc2CC1C(=O)NCC1CCN(S(=O)(=O)c2ccccc2)CC1. The van der Waals surface area contributed by atoms with Crippen molar-refractivity contribution in [2.45, 2.75) is 57.0 Å². The maximum atomic E-state index is 13.2. The van der Waals surface area contributed by atoms with Crippen molar-refractivity contribution < 1.29 is 18.0 Å². The van der Waals surface area contributed by atoms with Gasteiger partial charge in [-0.3, -0.25) is 9.59 Å². The van der Waals surface area contributed by atoms with Crippen LogP contribution in [0, 0.1) is 11.8 Å². The molecular weight excluding hydrogens is 462 g/mol. The van der Waals surface area contributed by atoms with Gasteiger partial charge in [0.2, 0.25) is 21.8 Å². The van der Waals surface area contributed by atoms with Crippen LogP contribution >= 0.6 is 0 Å². The van der Waals surface area contributed by atoms with Crippen LogP contribution in [0.25, 0.3) is 0 Å². The molecule has 8 heteroatoms. The number of hydrogen-bond donors (Lipinski definition) is 1. The summed E-state index contributed by atoms with van der Waals surface area (Å²) in [6, 6.07) is 16.0. The maximum Gasteiger partial charge on any atom is 0.243 e. The molecule has 2 aromatic carbocycles. The quantitative estimate of drug-likeness (QED) is 0.637. The van der Waals surface area contributed by atoms with E-state index in [1.807, 2.05) is 38.1 Å². The van der Waals surface area contributed by atoms with E-state index in [0.29, 0.717) is 56.8 Å². The van der Waals surface area contributed by atoms with Crippen molar-refractivity contribution in [3.8, 4) is 0 Å². The van der Waals surface area contributed by atoms with Gasteiger partial charge in [0.15, 0.2) is 0 Å². The fourth-order valence-corrected chi connectivity index (χ4v) is 6.43. The second-order valence-electron chi connectivity index (χ2n) is 10.0. The predicted molar refractivity (Wildman–Crippen MR) is 135 cm³/mol. The van der Waals surface area contributed by atoms with Crippen LogP contribution in [-0.2, 0) is 32.6 Å². The summed E-state index contributed by atoms with van der Waals surface area (Å²) in [6.45, 7) is 5.84. The second kappa shape index (κ2) is 10.9. The summed E-state index contributed by atoms with van der Waals surface area (Å²) < 4.78 is 27.3. The third kappa shape index (κ3) is 5.93. The molecule has 7 nitrogen and oxygen atoms in total. The highest BCUT2D eigenvalue weighted by molar-refractivity contribution is 7.89. The van der Waals surface area contributed by atoms with Crippen LogP contribution < -0.4 is 5.32 Å². The number of hydrogen-bond acceptors (Lipinski definition) is 4. The van der Waals surface area contributed by atoms with E-state index in [1.54, 1.807) is 35.2 Å². The fourth-order valence-electron chi connectivity index (χ4n) is 4.94. The molecule has 2 amide bonds. The molecular formula is C27H35N3O4S. The normalized spacial score (nSPS) is 19.4. The van der Waals surface area contributed by atoms with E-state index in [4.69, 9.17) is 0 Å². The third-order valence-electron chi connectivity index (χ3n) is 6.97. The molecule has 4 rings (SSSR count). The van der Waals surface area contributed by atoms with Crippen LogP contribution in [0.4, 0.5) is 0 Å². The van der Waals surface area contributed by atoms with Gasteiger partial charge >= 0.3 is 0 Å². The summed E-state index contributed by atoms with van der Waals surface area (Å²) in [7, 11) is -3.49. The summed E-state index contributed by atoms with van der Waals surface area (Å²) in [5.74, 6) is 0.308. The molecule has 0 aromatic heterocycles. The molecule has 2 aromatic rings. The van der Waals surface area contributed by atoms with Gasteiger partial charge in [0, 0.05) is 39.0 Å². The third-order valence-corrected chi connectivity index (χ3v) is 8.89. The van der Waals surface area contributed by atoms with Crippen LogP contribution in [-0.4, -0.2) is 55.1 Å². The lowest BCUT2D eigenvalue weighted by Crippen LogP contribution is -2.53. The lowest BCUT2D eigenvalue weighted by atomic mass is 9.92. The Hall–Kier alpha value is -2.71. The topological polar surface area (TPSA) is 86.8 Å². The lowest BCUT2D eigenvalue weighted by molar-refractivity contribution is -0.142. The summed E-state index contributed by atoms with van der Waals surface area (Å²) in [6.07, 6.45) is 2.31. The van der Waals surface area contributed by atoms with E-state index in [0.717, 1.165) is 11.1 Å². The molecule has 1 saturated heterocycles. The number of piperidine rings is 1. The molecule has 0 spiro atoms. The Balaban J connectivity index is 1.35. The Morgan fingerprint density at radius 2 is 1.60 bits per heavy atom. The molecule has 0 radical (unpaired) electrons. The molecule has 2 aliphatic rings. The highest BCUT2D eigenvalue weighted by Gasteiger charge is 2.35. The standard InChI is InChI=1S/C27H35N3O4S/c1-20(2)16-26(31)30-19-23-9-7-6-8-22(23)17-25(30)27(32)28-18-21-12-14-29(15-13-21)35(33,34)24-10-4-3-5-11-24/h3-11,20-21,25H,12-19H2,1-2H3,(H,28,32). The Labute approximate surface area is 208 Å². The second-order valence-corrected chi connectivity index (χ2v) is 12.0. The van der Waals surface area contributed by atoms with Crippen LogP contribution in [0.15, 0.2) is 59.5 Å². The Morgan fingerprint density at radius 3 is 2.26 bits per heavy atom. The van der Waals surface area contributed by atoms with Crippen LogP contribution in [0.3, 0.4) is 0 Å². The number of benzene rings is 2. The Kier molecular flexibility index (Phi) is 7.91. The predicted octanol–water partition coefficient (Wildman–Crippen LogP) is 3.20. The summed E-state index contributed by atoms with van der Waals surface area (Å²) in [4.78, 5) is 28.3. The molecule has 1 atom stereocenters. The molecule has 0 bridgehead atoms. The molecule has 1 N–H and O–H groups in total. The van der Waals surface area contributed by atoms with Crippen molar-refractivity contribution in [2.75, 3.05) is 19.6 Å². The number of amides is 2. The molecule has 2 aliphatic heterocycles. The molecule has 1 fully saturated rings. The van der Waals surface area contributed by atoms with Gasteiger partial charge in [0.1, 0.15) is 6.04 Å². The van der Waals surface area contributed by atoms with Crippen molar-refractivity contribution in [1.29, 1.82) is 0 Å². The Morgan fingerprint density at radius 1 is 0.971 bits per heavy atom. The summed E-state index contributed by atoms with van der Waals surface area (Å²) in [5.41, 5.74) is 2.21. The van der Waals surface area contributed by atoms with E-state index in [-0.39, 0.29) is 23.7 Å². The molecule has 35 heavy (non-hydrogen) atoms. The van der Waals surface area contributed by atoms with Crippen LogP contribution in [0.2, 0.25) is 0 Å². The smallest absolute Gasteiger partial charge is 0.243 e. The molecule has 0 aliphatic carbocycles. The number of fused-ring (bicyclic) bond motifs is 1. The number of carbonyl (C=O) groups is 2. The van der Waals surface area contributed by atoms with Crippen molar-refractivity contribution in [3.05, 3.63) is 65.7 Å². The van der Waals surface area contributed by atoms with Gasteiger partial charge in [-0.2, -0.15) is 4.31 Å². The number of sulfonamides is 1. The molecule has 1 unspecified atom stereocenters. The van der Waals surface area contributed by atoms with Crippen molar-refractivity contribution >= 4 is 21.8 Å². The zero-order valence-corrected chi connectivity index (χ0v) is 21.3. The van der Waals surface area contributed by atoms with E-state index in [1.165, 1.54) is 4.31 Å². The van der Waals surface area contributed by atoms with Crippen LogP contribution in [0.5, 0.6) is 0 Å². The zero-order valence-electron chi connectivity index (χ0n) is 20.5. The minimum atomic E-state index is -3.49.